The van der Waals surface area contributed by atoms with Crippen molar-refractivity contribution in [3.05, 3.63) is 35.4 Å². The minimum absolute atomic E-state index is 0.140. The van der Waals surface area contributed by atoms with Gasteiger partial charge in [0.1, 0.15) is 0 Å². The van der Waals surface area contributed by atoms with Gasteiger partial charge in [-0.1, -0.05) is 19.1 Å². The molecule has 5 heteroatoms. The van der Waals surface area contributed by atoms with Gasteiger partial charge >= 0.3 is 0 Å². The fourth-order valence-corrected chi connectivity index (χ4v) is 2.35. The minimum atomic E-state index is -0.554. The molecule has 1 aliphatic rings. The van der Waals surface area contributed by atoms with Crippen LogP contribution in [0.15, 0.2) is 24.3 Å². The molecule has 1 atom stereocenters. The molecule has 2 rings (SSSR count). The maximum absolute atomic E-state index is 12.0. The lowest BCUT2D eigenvalue weighted by Crippen LogP contribution is -2.44. The highest BCUT2D eigenvalue weighted by Crippen LogP contribution is 2.05. The molecule has 0 aliphatic carbocycles. The number of nitrogens with one attached hydrogen (secondary N) is 1. The predicted octanol–water partition coefficient (Wildman–Crippen LogP) is 0.672. The summed E-state index contributed by atoms with van der Waals surface area (Å²) in [6.07, 6.45) is 0.405. The first kappa shape index (κ1) is 15.9. The number of carbonyl (C=O) groups excluding carboxylic acids is 1. The Labute approximate surface area is 125 Å². The summed E-state index contributed by atoms with van der Waals surface area (Å²) >= 11 is 0. The molecule has 116 valence electrons. The lowest BCUT2D eigenvalue weighted by Gasteiger charge is -2.28. The van der Waals surface area contributed by atoms with Crippen LogP contribution in [0, 0.1) is 0 Å². The number of carbonyl (C=O) groups is 1. The van der Waals surface area contributed by atoms with E-state index in [2.05, 4.69) is 17.1 Å². The lowest BCUT2D eigenvalue weighted by atomic mass is 10.1. The van der Waals surface area contributed by atoms with Crippen molar-refractivity contribution in [2.45, 2.75) is 19.4 Å². The monoisotopic (exact) mass is 292 g/mol. The number of benzene rings is 1. The highest BCUT2D eigenvalue weighted by atomic mass is 16.5. The second-order valence-corrected chi connectivity index (χ2v) is 5.33. The zero-order valence-corrected chi connectivity index (χ0v) is 12.5. The normalized spacial score (nSPS) is 17.4. The van der Waals surface area contributed by atoms with Crippen molar-refractivity contribution in [2.75, 3.05) is 39.4 Å². The summed E-state index contributed by atoms with van der Waals surface area (Å²) in [6.45, 7) is 6.01. The number of amides is 1. The van der Waals surface area contributed by atoms with Gasteiger partial charge in [0, 0.05) is 31.7 Å². The van der Waals surface area contributed by atoms with Gasteiger partial charge in [-0.25, -0.2) is 0 Å². The molecule has 21 heavy (non-hydrogen) atoms. The highest BCUT2D eigenvalue weighted by molar-refractivity contribution is 5.94. The third-order valence-corrected chi connectivity index (χ3v) is 3.70. The molecule has 1 saturated heterocycles. The van der Waals surface area contributed by atoms with Gasteiger partial charge in [-0.3, -0.25) is 9.69 Å². The van der Waals surface area contributed by atoms with Crippen LogP contribution in [-0.2, 0) is 11.2 Å². The summed E-state index contributed by atoms with van der Waals surface area (Å²) in [5.74, 6) is -0.140. The van der Waals surface area contributed by atoms with Crippen molar-refractivity contribution >= 4 is 5.91 Å². The van der Waals surface area contributed by atoms with Crippen molar-refractivity contribution in [1.29, 1.82) is 0 Å². The number of rotatable bonds is 6. The van der Waals surface area contributed by atoms with Crippen LogP contribution in [0.1, 0.15) is 22.8 Å². The fourth-order valence-electron chi connectivity index (χ4n) is 2.35. The van der Waals surface area contributed by atoms with Crippen molar-refractivity contribution in [3.8, 4) is 0 Å². The maximum atomic E-state index is 12.0. The van der Waals surface area contributed by atoms with Crippen molar-refractivity contribution < 1.29 is 14.6 Å². The Balaban J connectivity index is 1.74. The Morgan fingerprint density at radius 1 is 1.33 bits per heavy atom. The Hall–Kier alpha value is -1.43. The summed E-state index contributed by atoms with van der Waals surface area (Å²) in [5.41, 5.74) is 1.84. The van der Waals surface area contributed by atoms with Crippen LogP contribution in [0.3, 0.4) is 0 Å². The van der Waals surface area contributed by atoms with Crippen molar-refractivity contribution in [1.82, 2.24) is 10.2 Å². The smallest absolute Gasteiger partial charge is 0.251 e. The summed E-state index contributed by atoms with van der Waals surface area (Å²) in [4.78, 5) is 14.1. The number of nitrogens with zero attached hydrogens (tertiary/aromatic N) is 1. The number of ether oxygens (including phenoxy) is 1. The second kappa shape index (κ2) is 8.12. The number of hydrogen-bond donors (Lipinski definition) is 2. The van der Waals surface area contributed by atoms with Gasteiger partial charge in [0.05, 0.1) is 19.3 Å². The first-order valence-electron chi connectivity index (χ1n) is 7.54. The van der Waals surface area contributed by atoms with Crippen molar-refractivity contribution in [2.24, 2.45) is 0 Å². The molecule has 0 bridgehead atoms. The standard InChI is InChI=1S/C16H24N2O3/c1-2-13-3-5-14(6-4-13)16(20)17-11-15(19)12-18-7-9-21-10-8-18/h3-6,15,19H,2,7-12H2,1H3,(H,17,20). The summed E-state index contributed by atoms with van der Waals surface area (Å²) in [7, 11) is 0. The van der Waals surface area contributed by atoms with Gasteiger partial charge < -0.3 is 15.2 Å². The van der Waals surface area contributed by atoms with Gasteiger partial charge in [0.15, 0.2) is 0 Å². The second-order valence-electron chi connectivity index (χ2n) is 5.33. The molecule has 1 heterocycles. The van der Waals surface area contributed by atoms with Crippen LogP contribution in [0.4, 0.5) is 0 Å². The van der Waals surface area contributed by atoms with E-state index < -0.39 is 6.10 Å². The van der Waals surface area contributed by atoms with Gasteiger partial charge in [-0.05, 0) is 24.1 Å². The zero-order chi connectivity index (χ0) is 15.1. The van der Waals surface area contributed by atoms with E-state index in [1.807, 2.05) is 24.3 Å². The number of aryl methyl sites for hydroxylation is 1. The van der Waals surface area contributed by atoms with E-state index in [-0.39, 0.29) is 12.5 Å². The van der Waals surface area contributed by atoms with Gasteiger partial charge in [-0.15, -0.1) is 0 Å². The fraction of sp³-hybridized carbons (Fsp3) is 0.562. The van der Waals surface area contributed by atoms with Gasteiger partial charge in [0.2, 0.25) is 0 Å². The largest absolute Gasteiger partial charge is 0.390 e. The molecular formula is C16H24N2O3. The Morgan fingerprint density at radius 2 is 2.00 bits per heavy atom. The first-order valence-corrected chi connectivity index (χ1v) is 7.54. The van der Waals surface area contributed by atoms with Gasteiger partial charge in [-0.2, -0.15) is 0 Å². The molecule has 2 N–H and O–H groups in total. The van der Waals surface area contributed by atoms with E-state index in [1.54, 1.807) is 0 Å². The average Bonchev–Trinajstić information content (AvgIpc) is 2.53. The Morgan fingerprint density at radius 3 is 2.62 bits per heavy atom. The molecule has 1 unspecified atom stereocenters. The van der Waals surface area contributed by atoms with Crippen LogP contribution >= 0.6 is 0 Å². The van der Waals surface area contributed by atoms with E-state index >= 15 is 0 Å². The molecule has 1 aromatic rings. The van der Waals surface area contributed by atoms with E-state index in [4.69, 9.17) is 4.74 Å². The number of β-amino-alcohol motifs (C(OH)–C–C–N with tert-alkyl or cyclic N) is 1. The molecule has 1 amide bonds. The molecule has 0 radical (unpaired) electrons. The molecule has 0 saturated carbocycles. The summed E-state index contributed by atoms with van der Waals surface area (Å²) in [5, 5.41) is 12.8. The van der Waals surface area contributed by atoms with E-state index in [0.29, 0.717) is 25.3 Å². The lowest BCUT2D eigenvalue weighted by molar-refractivity contribution is 0.0149. The van der Waals surface area contributed by atoms with Crippen LogP contribution < -0.4 is 5.32 Å². The molecule has 1 aromatic carbocycles. The average molecular weight is 292 g/mol. The Bertz CT molecular complexity index is 441. The summed E-state index contributed by atoms with van der Waals surface area (Å²) < 4.78 is 5.26. The number of morpholine rings is 1. The highest BCUT2D eigenvalue weighted by Gasteiger charge is 2.15. The molecule has 0 spiro atoms. The van der Waals surface area contributed by atoms with Crippen LogP contribution in [0.5, 0.6) is 0 Å². The quantitative estimate of drug-likeness (QED) is 0.809. The van der Waals surface area contributed by atoms with E-state index in [0.717, 1.165) is 19.5 Å². The SMILES string of the molecule is CCc1ccc(C(=O)NCC(O)CN2CCOCC2)cc1. The van der Waals surface area contributed by atoms with Crippen LogP contribution in [-0.4, -0.2) is 61.4 Å². The maximum Gasteiger partial charge on any atom is 0.251 e. The molecule has 1 fully saturated rings. The molecule has 1 aliphatic heterocycles. The number of aliphatic hydroxyl groups is 1. The molecular weight excluding hydrogens is 268 g/mol. The van der Waals surface area contributed by atoms with Crippen LogP contribution in [0.2, 0.25) is 0 Å². The van der Waals surface area contributed by atoms with E-state index in [1.165, 1.54) is 5.56 Å². The van der Waals surface area contributed by atoms with Crippen molar-refractivity contribution in [3.63, 3.8) is 0 Å². The topological polar surface area (TPSA) is 61.8 Å². The minimum Gasteiger partial charge on any atom is -0.390 e. The van der Waals surface area contributed by atoms with E-state index in [9.17, 15) is 9.90 Å². The number of aliphatic hydroxyl groups excluding tert-OH is 1. The number of hydrogen-bond acceptors (Lipinski definition) is 4. The third kappa shape index (κ3) is 5.12. The first-order chi connectivity index (χ1) is 10.2. The summed E-state index contributed by atoms with van der Waals surface area (Å²) in [6, 6.07) is 7.56. The predicted molar refractivity (Wildman–Crippen MR) is 81.4 cm³/mol. The third-order valence-electron chi connectivity index (χ3n) is 3.70. The zero-order valence-electron chi connectivity index (χ0n) is 12.5. The molecule has 0 aromatic heterocycles. The van der Waals surface area contributed by atoms with Gasteiger partial charge in [0.25, 0.3) is 5.91 Å². The van der Waals surface area contributed by atoms with Crippen LogP contribution in [0.25, 0.3) is 0 Å². The molecule has 5 nitrogen and oxygen atoms in total. The Kier molecular flexibility index (Phi) is 6.17.